The molecule has 0 atom stereocenters. The van der Waals surface area contributed by atoms with Gasteiger partial charge in [-0.3, -0.25) is 14.5 Å². The molecular formula is C22H19BrCl2N2O3S2. The molecule has 2 aromatic rings. The molecular weight excluding hydrogens is 555 g/mol. The van der Waals surface area contributed by atoms with Crippen LogP contribution in [0.5, 0.6) is 5.75 Å². The molecule has 1 heterocycles. The number of thioether (sulfide) groups is 1. The van der Waals surface area contributed by atoms with Crippen molar-refractivity contribution in [3.8, 4) is 5.75 Å². The first kappa shape index (κ1) is 25.1. The highest BCUT2D eigenvalue weighted by atomic mass is 79.9. The number of carbonyl (C=O) groups is 2. The molecule has 1 N–H and O–H groups in total. The molecule has 32 heavy (non-hydrogen) atoms. The van der Waals surface area contributed by atoms with Crippen LogP contribution in [0, 0.1) is 0 Å². The first-order valence-electron chi connectivity index (χ1n) is 9.70. The molecule has 0 radical (unpaired) electrons. The Bertz CT molecular complexity index is 1070. The van der Waals surface area contributed by atoms with Gasteiger partial charge in [0.25, 0.3) is 11.8 Å². The molecule has 1 aliphatic rings. The standard InChI is InChI=1S/C22H19BrCl2N2O3S2/c1-2-3-6-27-21(29)19(32-22(27)31)8-13-7-14(23)4-5-18(13)30-12-20(28)26-17-10-15(24)9-16(25)11-17/h4-5,7-11H,2-3,6,12H2,1H3,(H,26,28)/b19-8-. The van der Waals surface area contributed by atoms with Crippen LogP contribution in [0.25, 0.3) is 6.08 Å². The van der Waals surface area contributed by atoms with Crippen LogP contribution in [0.2, 0.25) is 10.0 Å². The van der Waals surface area contributed by atoms with Crippen LogP contribution in [0.3, 0.4) is 0 Å². The van der Waals surface area contributed by atoms with Crippen molar-refractivity contribution in [2.24, 2.45) is 0 Å². The van der Waals surface area contributed by atoms with E-state index >= 15 is 0 Å². The van der Waals surface area contributed by atoms with Gasteiger partial charge < -0.3 is 10.1 Å². The van der Waals surface area contributed by atoms with Crippen LogP contribution in [0.15, 0.2) is 45.8 Å². The van der Waals surface area contributed by atoms with E-state index in [1.54, 1.807) is 41.3 Å². The number of ether oxygens (including phenoxy) is 1. The van der Waals surface area contributed by atoms with Gasteiger partial charge in [0.15, 0.2) is 6.61 Å². The largest absolute Gasteiger partial charge is 0.483 e. The summed E-state index contributed by atoms with van der Waals surface area (Å²) in [6.45, 7) is 2.44. The molecule has 3 rings (SSSR count). The van der Waals surface area contributed by atoms with E-state index in [9.17, 15) is 9.59 Å². The lowest BCUT2D eigenvalue weighted by molar-refractivity contribution is -0.122. The number of carbonyl (C=O) groups excluding carboxylic acids is 2. The van der Waals surface area contributed by atoms with Crippen molar-refractivity contribution in [2.45, 2.75) is 19.8 Å². The molecule has 1 saturated heterocycles. The second kappa shape index (κ2) is 11.5. The fourth-order valence-corrected chi connectivity index (χ4v) is 5.08. The molecule has 0 saturated carbocycles. The van der Waals surface area contributed by atoms with Gasteiger partial charge in [0, 0.05) is 32.3 Å². The Labute approximate surface area is 214 Å². The molecule has 168 valence electrons. The summed E-state index contributed by atoms with van der Waals surface area (Å²) in [6.07, 6.45) is 3.60. The highest BCUT2D eigenvalue weighted by Gasteiger charge is 2.31. The lowest BCUT2D eigenvalue weighted by Gasteiger charge is -2.13. The van der Waals surface area contributed by atoms with Gasteiger partial charge in [-0.15, -0.1) is 0 Å². The number of nitrogens with one attached hydrogen (secondary N) is 1. The van der Waals surface area contributed by atoms with Crippen molar-refractivity contribution in [1.82, 2.24) is 4.90 Å². The van der Waals surface area contributed by atoms with Gasteiger partial charge in [-0.25, -0.2) is 0 Å². The van der Waals surface area contributed by atoms with Crippen molar-refractivity contribution in [1.29, 1.82) is 0 Å². The average molecular weight is 574 g/mol. The third-order valence-corrected chi connectivity index (χ3v) is 6.68. The topological polar surface area (TPSA) is 58.6 Å². The minimum Gasteiger partial charge on any atom is -0.483 e. The Morgan fingerprint density at radius 1 is 1.25 bits per heavy atom. The number of hydrogen-bond acceptors (Lipinski definition) is 5. The highest BCUT2D eigenvalue weighted by molar-refractivity contribution is 9.10. The Balaban J connectivity index is 1.72. The van der Waals surface area contributed by atoms with Crippen molar-refractivity contribution in [2.75, 3.05) is 18.5 Å². The molecule has 5 nitrogen and oxygen atoms in total. The smallest absolute Gasteiger partial charge is 0.266 e. The van der Waals surface area contributed by atoms with Crippen molar-refractivity contribution in [3.05, 3.63) is 61.4 Å². The van der Waals surface area contributed by atoms with Crippen LogP contribution in [-0.4, -0.2) is 34.2 Å². The van der Waals surface area contributed by atoms with E-state index in [1.165, 1.54) is 11.8 Å². The van der Waals surface area contributed by atoms with E-state index < -0.39 is 0 Å². The summed E-state index contributed by atoms with van der Waals surface area (Å²) in [5.74, 6) is -0.0238. The predicted octanol–water partition coefficient (Wildman–Crippen LogP) is 6.77. The minimum atomic E-state index is -0.372. The number of halogens is 3. The lowest BCUT2D eigenvalue weighted by atomic mass is 10.2. The SMILES string of the molecule is CCCCN1C(=O)/C(=C/c2cc(Br)ccc2OCC(=O)Nc2cc(Cl)cc(Cl)c2)SC1=S. The van der Waals surface area contributed by atoms with Crippen molar-refractivity contribution in [3.63, 3.8) is 0 Å². The highest BCUT2D eigenvalue weighted by Crippen LogP contribution is 2.35. The molecule has 10 heteroatoms. The molecule has 2 aromatic carbocycles. The summed E-state index contributed by atoms with van der Waals surface area (Å²) < 4.78 is 7.10. The summed E-state index contributed by atoms with van der Waals surface area (Å²) in [6, 6.07) is 10.1. The second-order valence-corrected chi connectivity index (χ2v) is 10.3. The van der Waals surface area contributed by atoms with E-state index in [0.29, 0.717) is 42.8 Å². The fraction of sp³-hybridized carbons (Fsp3) is 0.227. The van der Waals surface area contributed by atoms with E-state index in [-0.39, 0.29) is 18.4 Å². The fourth-order valence-electron chi connectivity index (χ4n) is 2.88. The summed E-state index contributed by atoms with van der Waals surface area (Å²) in [4.78, 5) is 27.2. The first-order chi connectivity index (χ1) is 15.3. The van der Waals surface area contributed by atoms with Crippen LogP contribution in [-0.2, 0) is 9.59 Å². The molecule has 1 aliphatic heterocycles. The van der Waals surface area contributed by atoms with Gasteiger partial charge in [0.05, 0.1) is 4.91 Å². The molecule has 0 bridgehead atoms. The number of anilines is 1. The third-order valence-electron chi connectivity index (χ3n) is 4.37. The van der Waals surface area contributed by atoms with Crippen LogP contribution in [0.4, 0.5) is 5.69 Å². The molecule has 0 spiro atoms. The number of unbranched alkanes of at least 4 members (excludes halogenated alkanes) is 1. The first-order valence-corrected chi connectivity index (χ1v) is 12.5. The summed E-state index contributed by atoms with van der Waals surface area (Å²) >= 11 is 22.0. The Kier molecular flexibility index (Phi) is 9.02. The summed E-state index contributed by atoms with van der Waals surface area (Å²) in [7, 11) is 0. The number of nitrogens with zero attached hydrogens (tertiary/aromatic N) is 1. The zero-order valence-electron chi connectivity index (χ0n) is 17.0. The maximum atomic E-state index is 12.8. The van der Waals surface area contributed by atoms with Gasteiger partial charge in [0.1, 0.15) is 10.1 Å². The van der Waals surface area contributed by atoms with Crippen LogP contribution in [0.1, 0.15) is 25.3 Å². The molecule has 0 unspecified atom stereocenters. The quantitative estimate of drug-likeness (QED) is 0.279. The van der Waals surface area contributed by atoms with Gasteiger partial charge >= 0.3 is 0 Å². The minimum absolute atomic E-state index is 0.116. The van der Waals surface area contributed by atoms with E-state index in [4.69, 9.17) is 40.2 Å². The number of hydrogen-bond donors (Lipinski definition) is 1. The lowest BCUT2D eigenvalue weighted by Crippen LogP contribution is -2.28. The number of amides is 2. The molecule has 0 aliphatic carbocycles. The predicted molar refractivity (Wildman–Crippen MR) is 140 cm³/mol. The number of benzene rings is 2. The van der Waals surface area contributed by atoms with Crippen LogP contribution >= 0.6 is 63.1 Å². The Morgan fingerprint density at radius 2 is 1.97 bits per heavy atom. The Morgan fingerprint density at radius 3 is 2.66 bits per heavy atom. The Hall–Kier alpha value is -1.58. The van der Waals surface area contributed by atoms with E-state index in [0.717, 1.165) is 17.3 Å². The summed E-state index contributed by atoms with van der Waals surface area (Å²) in [5, 5.41) is 3.53. The zero-order chi connectivity index (χ0) is 23.3. The van der Waals surface area contributed by atoms with Gasteiger partial charge in [-0.1, -0.05) is 76.5 Å². The number of rotatable bonds is 8. The molecule has 2 amide bonds. The third kappa shape index (κ3) is 6.71. The molecule has 1 fully saturated rings. The van der Waals surface area contributed by atoms with Crippen molar-refractivity contribution < 1.29 is 14.3 Å². The number of thiocarbonyl (C=S) groups is 1. The second-order valence-electron chi connectivity index (χ2n) is 6.86. The monoisotopic (exact) mass is 572 g/mol. The van der Waals surface area contributed by atoms with Gasteiger partial charge in [0.2, 0.25) is 0 Å². The van der Waals surface area contributed by atoms with Gasteiger partial charge in [-0.05, 0) is 48.9 Å². The maximum Gasteiger partial charge on any atom is 0.266 e. The average Bonchev–Trinajstić information content (AvgIpc) is 2.97. The van der Waals surface area contributed by atoms with Crippen LogP contribution < -0.4 is 10.1 Å². The summed E-state index contributed by atoms with van der Waals surface area (Å²) in [5.41, 5.74) is 1.14. The zero-order valence-corrected chi connectivity index (χ0v) is 21.7. The normalized spacial score (nSPS) is 14.9. The van der Waals surface area contributed by atoms with E-state index in [2.05, 4.69) is 28.2 Å². The van der Waals surface area contributed by atoms with Gasteiger partial charge in [-0.2, -0.15) is 0 Å². The molecule has 0 aromatic heterocycles. The van der Waals surface area contributed by atoms with Crippen molar-refractivity contribution >= 4 is 91.0 Å². The van der Waals surface area contributed by atoms with E-state index in [1.807, 2.05) is 6.07 Å². The maximum absolute atomic E-state index is 12.8.